The normalized spacial score (nSPS) is 17.4. The second kappa shape index (κ2) is 9.53. The van der Waals surface area contributed by atoms with Crippen LogP contribution >= 0.6 is 0 Å². The highest BCUT2D eigenvalue weighted by molar-refractivity contribution is 5.92. The highest BCUT2D eigenvalue weighted by Crippen LogP contribution is 2.18. The van der Waals surface area contributed by atoms with Crippen molar-refractivity contribution in [1.82, 2.24) is 5.32 Å². The van der Waals surface area contributed by atoms with Gasteiger partial charge in [-0.3, -0.25) is 4.79 Å². The van der Waals surface area contributed by atoms with Crippen LogP contribution in [0, 0.1) is 5.92 Å². The average Bonchev–Trinajstić information content (AvgIpc) is 3.00. The molecule has 1 heterocycles. The lowest BCUT2D eigenvalue weighted by Gasteiger charge is -2.12. The topological polar surface area (TPSA) is 59.6 Å². The van der Waals surface area contributed by atoms with Gasteiger partial charge >= 0.3 is 0 Å². The van der Waals surface area contributed by atoms with Gasteiger partial charge in [0.05, 0.1) is 19.3 Å². The monoisotopic (exact) mass is 320 g/mol. The van der Waals surface area contributed by atoms with Gasteiger partial charge in [-0.25, -0.2) is 0 Å². The molecule has 2 N–H and O–H groups in total. The van der Waals surface area contributed by atoms with Crippen molar-refractivity contribution < 1.29 is 14.3 Å². The Balaban J connectivity index is 1.69. The SMILES string of the molecule is CC(C)CCOc1cccc(NC(=O)CNCC2CCCO2)c1. The first-order valence-electron chi connectivity index (χ1n) is 8.48. The Morgan fingerprint density at radius 1 is 1.43 bits per heavy atom. The van der Waals surface area contributed by atoms with Gasteiger partial charge in [-0.05, 0) is 37.3 Å². The molecule has 0 aliphatic carbocycles. The summed E-state index contributed by atoms with van der Waals surface area (Å²) in [6, 6.07) is 7.53. The maximum Gasteiger partial charge on any atom is 0.238 e. The number of carbonyl (C=O) groups is 1. The molecular weight excluding hydrogens is 292 g/mol. The van der Waals surface area contributed by atoms with E-state index < -0.39 is 0 Å². The molecule has 1 unspecified atom stereocenters. The minimum atomic E-state index is -0.0534. The number of nitrogens with one attached hydrogen (secondary N) is 2. The minimum absolute atomic E-state index is 0.0534. The number of ether oxygens (including phenoxy) is 2. The molecule has 1 aromatic rings. The van der Waals surface area contributed by atoms with Crippen molar-refractivity contribution in [2.45, 2.75) is 39.2 Å². The van der Waals surface area contributed by atoms with E-state index in [4.69, 9.17) is 9.47 Å². The van der Waals surface area contributed by atoms with Crippen LogP contribution in [0.2, 0.25) is 0 Å². The van der Waals surface area contributed by atoms with E-state index in [1.165, 1.54) is 0 Å². The van der Waals surface area contributed by atoms with Gasteiger partial charge in [0.2, 0.25) is 5.91 Å². The Bertz CT molecular complexity index is 485. The lowest BCUT2D eigenvalue weighted by Crippen LogP contribution is -2.33. The summed E-state index contributed by atoms with van der Waals surface area (Å²) in [5, 5.41) is 6.03. The molecule has 1 amide bonds. The summed E-state index contributed by atoms with van der Waals surface area (Å²) in [5.41, 5.74) is 0.760. The summed E-state index contributed by atoms with van der Waals surface area (Å²) in [6.07, 6.45) is 3.46. The smallest absolute Gasteiger partial charge is 0.238 e. The Kier molecular flexibility index (Phi) is 7.36. The summed E-state index contributed by atoms with van der Waals surface area (Å²) in [6.45, 7) is 6.89. The third kappa shape index (κ3) is 7.01. The number of hydrogen-bond donors (Lipinski definition) is 2. The van der Waals surface area contributed by atoms with Gasteiger partial charge in [0.1, 0.15) is 5.75 Å². The molecule has 0 radical (unpaired) electrons. The van der Waals surface area contributed by atoms with Crippen LogP contribution in [0.3, 0.4) is 0 Å². The van der Waals surface area contributed by atoms with Crippen LogP contribution < -0.4 is 15.4 Å². The first kappa shape index (κ1) is 17.8. The van der Waals surface area contributed by atoms with Gasteiger partial charge < -0.3 is 20.1 Å². The second-order valence-electron chi connectivity index (χ2n) is 6.37. The van der Waals surface area contributed by atoms with Crippen molar-refractivity contribution in [3.63, 3.8) is 0 Å². The van der Waals surface area contributed by atoms with Crippen LogP contribution in [-0.2, 0) is 9.53 Å². The maximum absolute atomic E-state index is 11.9. The molecule has 1 atom stereocenters. The number of carbonyl (C=O) groups excluding carboxylic acids is 1. The third-order valence-corrected chi connectivity index (χ3v) is 3.76. The molecule has 5 heteroatoms. The predicted octanol–water partition coefficient (Wildman–Crippen LogP) is 2.82. The van der Waals surface area contributed by atoms with Gasteiger partial charge in [-0.1, -0.05) is 19.9 Å². The molecule has 0 saturated carbocycles. The summed E-state index contributed by atoms with van der Waals surface area (Å²) in [7, 11) is 0. The molecule has 23 heavy (non-hydrogen) atoms. The van der Waals surface area contributed by atoms with E-state index in [2.05, 4.69) is 24.5 Å². The minimum Gasteiger partial charge on any atom is -0.494 e. The summed E-state index contributed by atoms with van der Waals surface area (Å²) in [5.74, 6) is 1.35. The van der Waals surface area contributed by atoms with Crippen molar-refractivity contribution in [2.24, 2.45) is 5.92 Å². The van der Waals surface area contributed by atoms with E-state index in [-0.39, 0.29) is 18.6 Å². The largest absolute Gasteiger partial charge is 0.494 e. The van der Waals surface area contributed by atoms with E-state index >= 15 is 0 Å². The first-order chi connectivity index (χ1) is 11.1. The molecule has 1 fully saturated rings. The Hall–Kier alpha value is -1.59. The highest BCUT2D eigenvalue weighted by atomic mass is 16.5. The molecule has 1 aromatic carbocycles. The molecule has 0 spiro atoms. The van der Waals surface area contributed by atoms with Crippen molar-refractivity contribution in [3.8, 4) is 5.75 Å². The highest BCUT2D eigenvalue weighted by Gasteiger charge is 2.15. The zero-order valence-electron chi connectivity index (χ0n) is 14.1. The van der Waals surface area contributed by atoms with Gasteiger partial charge in [0.15, 0.2) is 0 Å². The number of hydrogen-bond acceptors (Lipinski definition) is 4. The van der Waals surface area contributed by atoms with Crippen LogP contribution in [0.15, 0.2) is 24.3 Å². The second-order valence-corrected chi connectivity index (χ2v) is 6.37. The molecule has 1 aliphatic heterocycles. The molecule has 5 nitrogen and oxygen atoms in total. The Morgan fingerprint density at radius 3 is 3.04 bits per heavy atom. The molecule has 0 aromatic heterocycles. The number of amides is 1. The Morgan fingerprint density at radius 2 is 2.30 bits per heavy atom. The fourth-order valence-electron chi connectivity index (χ4n) is 2.43. The van der Waals surface area contributed by atoms with E-state index in [0.29, 0.717) is 12.5 Å². The lowest BCUT2D eigenvalue weighted by atomic mass is 10.1. The van der Waals surface area contributed by atoms with Crippen molar-refractivity contribution in [2.75, 3.05) is 31.6 Å². The lowest BCUT2D eigenvalue weighted by molar-refractivity contribution is -0.115. The van der Waals surface area contributed by atoms with Crippen molar-refractivity contribution in [3.05, 3.63) is 24.3 Å². The molecule has 2 rings (SSSR count). The fraction of sp³-hybridized carbons (Fsp3) is 0.611. The van der Waals surface area contributed by atoms with Crippen molar-refractivity contribution in [1.29, 1.82) is 0 Å². The average molecular weight is 320 g/mol. The van der Waals surface area contributed by atoms with Crippen LogP contribution in [0.25, 0.3) is 0 Å². The molecule has 1 aliphatic rings. The van der Waals surface area contributed by atoms with Gasteiger partial charge in [0.25, 0.3) is 0 Å². The van der Waals surface area contributed by atoms with Gasteiger partial charge in [0, 0.05) is 24.9 Å². The summed E-state index contributed by atoms with van der Waals surface area (Å²) >= 11 is 0. The van der Waals surface area contributed by atoms with E-state index in [0.717, 1.165) is 43.9 Å². The quantitative estimate of drug-likeness (QED) is 0.734. The zero-order chi connectivity index (χ0) is 16.5. The number of benzene rings is 1. The van der Waals surface area contributed by atoms with Crippen LogP contribution in [0.5, 0.6) is 5.75 Å². The van der Waals surface area contributed by atoms with E-state index in [1.807, 2.05) is 24.3 Å². The first-order valence-corrected chi connectivity index (χ1v) is 8.48. The van der Waals surface area contributed by atoms with Gasteiger partial charge in [-0.15, -0.1) is 0 Å². The maximum atomic E-state index is 11.9. The fourth-order valence-corrected chi connectivity index (χ4v) is 2.43. The van der Waals surface area contributed by atoms with Crippen molar-refractivity contribution >= 4 is 11.6 Å². The zero-order valence-corrected chi connectivity index (χ0v) is 14.1. The standard InChI is InChI=1S/C18H28N2O3/c1-14(2)8-10-23-16-6-3-5-15(11-16)20-18(21)13-19-12-17-7-4-9-22-17/h3,5-6,11,14,17,19H,4,7-10,12-13H2,1-2H3,(H,20,21). The summed E-state index contributed by atoms with van der Waals surface area (Å²) < 4.78 is 11.2. The van der Waals surface area contributed by atoms with Gasteiger partial charge in [-0.2, -0.15) is 0 Å². The molecule has 1 saturated heterocycles. The molecule has 128 valence electrons. The number of anilines is 1. The number of rotatable bonds is 9. The molecular formula is C18H28N2O3. The van der Waals surface area contributed by atoms with E-state index in [1.54, 1.807) is 0 Å². The molecule has 0 bridgehead atoms. The van der Waals surface area contributed by atoms with Crippen LogP contribution in [-0.4, -0.2) is 38.3 Å². The predicted molar refractivity (Wildman–Crippen MR) is 91.9 cm³/mol. The summed E-state index contributed by atoms with van der Waals surface area (Å²) in [4.78, 5) is 11.9. The van der Waals surface area contributed by atoms with Crippen LogP contribution in [0.1, 0.15) is 33.1 Å². The van der Waals surface area contributed by atoms with Crippen LogP contribution in [0.4, 0.5) is 5.69 Å². The van der Waals surface area contributed by atoms with E-state index in [9.17, 15) is 4.79 Å². The Labute approximate surface area is 138 Å². The third-order valence-electron chi connectivity index (χ3n) is 3.76.